The van der Waals surface area contributed by atoms with E-state index in [0.29, 0.717) is 35.8 Å². The number of nitrogens with zero attached hydrogens (tertiary/aromatic N) is 3. The molecule has 8 heteroatoms. The Bertz CT molecular complexity index is 1050. The van der Waals surface area contributed by atoms with Gasteiger partial charge in [0.25, 0.3) is 5.91 Å². The van der Waals surface area contributed by atoms with Gasteiger partial charge in [0.1, 0.15) is 0 Å². The monoisotopic (exact) mass is 433 g/mol. The van der Waals surface area contributed by atoms with Gasteiger partial charge in [-0.2, -0.15) is 0 Å². The normalized spacial score (nSPS) is 19.4. The largest absolute Gasteiger partial charge is 0.368 e. The second-order valence-corrected chi connectivity index (χ2v) is 10.0. The van der Waals surface area contributed by atoms with Crippen molar-refractivity contribution in [3.8, 4) is 0 Å². The molecule has 1 fully saturated rings. The van der Waals surface area contributed by atoms with Gasteiger partial charge in [0.2, 0.25) is 10.0 Å². The number of amides is 1. The summed E-state index contributed by atoms with van der Waals surface area (Å²) in [7, 11) is -3.33. The fraction of sp³-hybridized carbons (Fsp3) is 0.381. The maximum absolute atomic E-state index is 13.0. The first-order valence-corrected chi connectivity index (χ1v) is 11.9. The number of sulfonamides is 1. The predicted molar refractivity (Wildman–Crippen MR) is 116 cm³/mol. The molecule has 1 amide bonds. The number of benzene rings is 2. The molecule has 0 saturated carbocycles. The number of hydrogen-bond acceptors (Lipinski definition) is 4. The number of halogens is 1. The zero-order valence-corrected chi connectivity index (χ0v) is 18.1. The Hall–Kier alpha value is -2.25. The third kappa shape index (κ3) is 3.94. The summed E-state index contributed by atoms with van der Waals surface area (Å²) in [6.07, 6.45) is 1.84. The van der Waals surface area contributed by atoms with Crippen molar-refractivity contribution >= 4 is 38.9 Å². The minimum absolute atomic E-state index is 0.0102. The summed E-state index contributed by atoms with van der Waals surface area (Å²) in [5.74, 6) is -0.0102. The highest BCUT2D eigenvalue weighted by atomic mass is 35.5. The maximum atomic E-state index is 13.0. The lowest BCUT2D eigenvalue weighted by atomic mass is 10.1. The van der Waals surface area contributed by atoms with E-state index in [1.54, 1.807) is 12.1 Å². The Morgan fingerprint density at radius 1 is 1.07 bits per heavy atom. The second-order valence-electron chi connectivity index (χ2n) is 7.71. The summed E-state index contributed by atoms with van der Waals surface area (Å²) in [6, 6.07) is 13.0. The maximum Gasteiger partial charge on any atom is 0.253 e. The third-order valence-electron chi connectivity index (χ3n) is 5.58. The minimum Gasteiger partial charge on any atom is -0.368 e. The van der Waals surface area contributed by atoms with Gasteiger partial charge in [-0.3, -0.25) is 9.10 Å². The van der Waals surface area contributed by atoms with Gasteiger partial charge in [-0.1, -0.05) is 17.7 Å². The average Bonchev–Trinajstić information content (AvgIpc) is 3.02. The molecular formula is C21H24ClN3O3S. The standard InChI is InChI=1S/C21H24ClN3O3S/c1-15-12-17-13-16(6-7-20(17)25(15)29(2,27)28)21(26)24-10-8-23(9-11-24)19-5-3-4-18(22)14-19/h3-7,13-15H,8-12H2,1-2H3/t15-/m0/s1. The average molecular weight is 434 g/mol. The lowest BCUT2D eigenvalue weighted by Crippen LogP contribution is -2.48. The molecule has 0 N–H and O–H groups in total. The molecule has 0 bridgehead atoms. The summed E-state index contributed by atoms with van der Waals surface area (Å²) in [5, 5.41) is 0.705. The van der Waals surface area contributed by atoms with Crippen molar-refractivity contribution < 1.29 is 13.2 Å². The number of carbonyl (C=O) groups excluding carboxylic acids is 1. The van der Waals surface area contributed by atoms with E-state index in [9.17, 15) is 13.2 Å². The number of carbonyl (C=O) groups is 1. The molecule has 29 heavy (non-hydrogen) atoms. The van der Waals surface area contributed by atoms with Crippen molar-refractivity contribution in [1.29, 1.82) is 0 Å². The molecule has 6 nitrogen and oxygen atoms in total. The summed E-state index contributed by atoms with van der Waals surface area (Å²) in [6.45, 7) is 4.64. The van der Waals surface area contributed by atoms with Crippen LogP contribution < -0.4 is 9.21 Å². The van der Waals surface area contributed by atoms with Crippen LogP contribution >= 0.6 is 11.6 Å². The molecule has 0 aliphatic carbocycles. The molecule has 2 aliphatic rings. The van der Waals surface area contributed by atoms with Gasteiger partial charge in [-0.15, -0.1) is 0 Å². The Balaban J connectivity index is 1.47. The van der Waals surface area contributed by atoms with E-state index in [1.807, 2.05) is 42.2 Å². The number of rotatable bonds is 3. The molecule has 2 aliphatic heterocycles. The minimum atomic E-state index is -3.33. The van der Waals surface area contributed by atoms with Gasteiger partial charge in [0, 0.05) is 48.5 Å². The fourth-order valence-corrected chi connectivity index (χ4v) is 5.71. The number of hydrogen-bond donors (Lipinski definition) is 0. The molecule has 0 aromatic heterocycles. The summed E-state index contributed by atoms with van der Waals surface area (Å²) >= 11 is 6.09. The zero-order chi connectivity index (χ0) is 20.8. The number of fused-ring (bicyclic) bond motifs is 1. The Labute approximate surface area is 176 Å². The van der Waals surface area contributed by atoms with E-state index < -0.39 is 10.0 Å². The Kier molecular flexibility index (Phi) is 5.21. The second kappa shape index (κ2) is 7.54. The lowest BCUT2D eigenvalue weighted by molar-refractivity contribution is 0.0746. The molecular weight excluding hydrogens is 410 g/mol. The van der Waals surface area contributed by atoms with Crippen LogP contribution in [0.4, 0.5) is 11.4 Å². The number of anilines is 2. The van der Waals surface area contributed by atoms with Crippen LogP contribution in [0.15, 0.2) is 42.5 Å². The van der Waals surface area contributed by atoms with Crippen molar-refractivity contribution in [3.05, 3.63) is 58.6 Å². The summed E-state index contributed by atoms with van der Waals surface area (Å²) < 4.78 is 25.6. The van der Waals surface area contributed by atoms with E-state index in [0.717, 1.165) is 24.3 Å². The van der Waals surface area contributed by atoms with Crippen LogP contribution in [0.2, 0.25) is 5.02 Å². The van der Waals surface area contributed by atoms with Crippen molar-refractivity contribution in [1.82, 2.24) is 4.90 Å². The van der Waals surface area contributed by atoms with Gasteiger partial charge in [0.15, 0.2) is 0 Å². The molecule has 1 saturated heterocycles. The van der Waals surface area contributed by atoms with Crippen molar-refractivity contribution in [2.75, 3.05) is 41.6 Å². The first kappa shape index (κ1) is 20.0. The zero-order valence-electron chi connectivity index (χ0n) is 16.5. The van der Waals surface area contributed by atoms with Crippen LogP contribution in [0, 0.1) is 0 Å². The van der Waals surface area contributed by atoms with Crippen LogP contribution in [0.5, 0.6) is 0 Å². The predicted octanol–water partition coefficient (Wildman–Crippen LogP) is 3.01. The number of piperazine rings is 1. The van der Waals surface area contributed by atoms with E-state index in [2.05, 4.69) is 4.90 Å². The molecule has 0 unspecified atom stereocenters. The van der Waals surface area contributed by atoms with E-state index in [1.165, 1.54) is 10.6 Å². The highest BCUT2D eigenvalue weighted by Gasteiger charge is 2.33. The molecule has 1 atom stereocenters. The van der Waals surface area contributed by atoms with Crippen molar-refractivity contribution in [2.24, 2.45) is 0 Å². The van der Waals surface area contributed by atoms with Gasteiger partial charge in [-0.05, 0) is 55.3 Å². The van der Waals surface area contributed by atoms with Gasteiger partial charge in [-0.25, -0.2) is 8.42 Å². The van der Waals surface area contributed by atoms with E-state index in [-0.39, 0.29) is 11.9 Å². The van der Waals surface area contributed by atoms with Crippen LogP contribution in [-0.4, -0.2) is 57.7 Å². The quantitative estimate of drug-likeness (QED) is 0.746. The molecule has 2 aromatic carbocycles. The van der Waals surface area contributed by atoms with Crippen LogP contribution in [-0.2, 0) is 16.4 Å². The SMILES string of the molecule is C[C@H]1Cc2cc(C(=O)N3CCN(c4cccc(Cl)c4)CC3)ccc2N1S(C)(=O)=O. The van der Waals surface area contributed by atoms with Crippen molar-refractivity contribution in [2.45, 2.75) is 19.4 Å². The van der Waals surface area contributed by atoms with E-state index in [4.69, 9.17) is 11.6 Å². The highest BCUT2D eigenvalue weighted by Crippen LogP contribution is 2.35. The topological polar surface area (TPSA) is 60.9 Å². The van der Waals surface area contributed by atoms with Crippen molar-refractivity contribution in [3.63, 3.8) is 0 Å². The molecule has 2 heterocycles. The highest BCUT2D eigenvalue weighted by molar-refractivity contribution is 7.92. The van der Waals surface area contributed by atoms with Gasteiger partial charge < -0.3 is 9.80 Å². The molecule has 0 radical (unpaired) electrons. The molecule has 0 spiro atoms. The van der Waals surface area contributed by atoms with E-state index >= 15 is 0 Å². The first-order valence-electron chi connectivity index (χ1n) is 9.66. The summed E-state index contributed by atoms with van der Waals surface area (Å²) in [4.78, 5) is 17.1. The van der Waals surface area contributed by atoms with Gasteiger partial charge >= 0.3 is 0 Å². The lowest BCUT2D eigenvalue weighted by Gasteiger charge is -2.36. The van der Waals surface area contributed by atoms with Crippen LogP contribution in [0.1, 0.15) is 22.8 Å². The third-order valence-corrected chi connectivity index (χ3v) is 7.08. The summed E-state index contributed by atoms with van der Waals surface area (Å²) in [5.41, 5.74) is 3.27. The Morgan fingerprint density at radius 3 is 2.45 bits per heavy atom. The van der Waals surface area contributed by atoms with Crippen LogP contribution in [0.3, 0.4) is 0 Å². The first-order chi connectivity index (χ1) is 13.7. The fourth-order valence-electron chi connectivity index (χ4n) is 4.26. The van der Waals surface area contributed by atoms with Gasteiger partial charge in [0.05, 0.1) is 11.9 Å². The van der Waals surface area contributed by atoms with Crippen LogP contribution in [0.25, 0.3) is 0 Å². The molecule has 2 aromatic rings. The molecule has 4 rings (SSSR count). The smallest absolute Gasteiger partial charge is 0.253 e. The Morgan fingerprint density at radius 2 is 1.79 bits per heavy atom. The molecule has 154 valence electrons.